The molecule has 2 aromatic heterocycles. The van der Waals surface area contributed by atoms with Crippen LogP contribution in [0.3, 0.4) is 0 Å². The fraction of sp³-hybridized carbons (Fsp3) is 0.0769. The number of carbonyl (C=O) groups is 2. The molecule has 0 aliphatic carbocycles. The number of aromatic nitrogens is 2. The largest absolute Gasteiger partial charge is 0.477 e. The van der Waals surface area contributed by atoms with Crippen molar-refractivity contribution in [1.82, 2.24) is 9.97 Å². The Balaban J connectivity index is 1.97. The number of carboxylic acid groups (broad SMARTS) is 1. The summed E-state index contributed by atoms with van der Waals surface area (Å²) in [6, 6.07) is 6.39. The van der Waals surface area contributed by atoms with E-state index in [1.807, 2.05) is 0 Å². The van der Waals surface area contributed by atoms with Crippen molar-refractivity contribution < 1.29 is 14.7 Å². The molecule has 2 aromatic rings. The van der Waals surface area contributed by atoms with Crippen LogP contribution in [0.2, 0.25) is 0 Å². The van der Waals surface area contributed by atoms with Gasteiger partial charge in [-0.3, -0.25) is 9.78 Å². The molecule has 0 saturated heterocycles. The number of hydrogen-bond donors (Lipinski definition) is 2. The summed E-state index contributed by atoms with van der Waals surface area (Å²) >= 11 is 0. The third-order valence-electron chi connectivity index (χ3n) is 2.35. The van der Waals surface area contributed by atoms with Crippen molar-refractivity contribution in [1.29, 1.82) is 0 Å². The van der Waals surface area contributed by atoms with E-state index >= 15 is 0 Å². The molecule has 0 bridgehead atoms. The highest BCUT2D eigenvalue weighted by Crippen LogP contribution is 2.07. The van der Waals surface area contributed by atoms with Crippen LogP contribution in [0.1, 0.15) is 16.1 Å². The van der Waals surface area contributed by atoms with Gasteiger partial charge >= 0.3 is 5.97 Å². The first kappa shape index (κ1) is 12.7. The van der Waals surface area contributed by atoms with Gasteiger partial charge in [-0.2, -0.15) is 0 Å². The zero-order chi connectivity index (χ0) is 13.7. The zero-order valence-electron chi connectivity index (χ0n) is 9.91. The summed E-state index contributed by atoms with van der Waals surface area (Å²) in [5, 5.41) is 11.3. The van der Waals surface area contributed by atoms with Gasteiger partial charge in [-0.25, -0.2) is 9.78 Å². The first-order chi connectivity index (χ1) is 9.15. The predicted molar refractivity (Wildman–Crippen MR) is 67.8 cm³/mol. The van der Waals surface area contributed by atoms with E-state index < -0.39 is 5.97 Å². The molecule has 1 amide bonds. The van der Waals surface area contributed by atoms with Gasteiger partial charge in [0, 0.05) is 12.4 Å². The molecule has 6 nitrogen and oxygen atoms in total. The molecular weight excluding hydrogens is 246 g/mol. The van der Waals surface area contributed by atoms with Crippen molar-refractivity contribution in [2.45, 2.75) is 6.42 Å². The average Bonchev–Trinajstić information content (AvgIpc) is 2.40. The molecular formula is C13H11N3O3. The molecule has 0 aliphatic heterocycles. The van der Waals surface area contributed by atoms with Crippen LogP contribution < -0.4 is 5.32 Å². The molecule has 0 aliphatic rings. The number of pyridine rings is 2. The molecule has 0 fully saturated rings. The second kappa shape index (κ2) is 5.72. The van der Waals surface area contributed by atoms with E-state index in [-0.39, 0.29) is 18.0 Å². The van der Waals surface area contributed by atoms with Gasteiger partial charge in [0.15, 0.2) is 0 Å². The van der Waals surface area contributed by atoms with Crippen molar-refractivity contribution in [2.24, 2.45) is 0 Å². The lowest BCUT2D eigenvalue weighted by Crippen LogP contribution is -2.15. The molecule has 2 N–H and O–H groups in total. The third kappa shape index (κ3) is 3.60. The average molecular weight is 257 g/mol. The zero-order valence-corrected chi connectivity index (χ0v) is 9.91. The highest BCUT2D eigenvalue weighted by Gasteiger charge is 2.06. The normalized spacial score (nSPS) is 9.89. The minimum atomic E-state index is -1.10. The van der Waals surface area contributed by atoms with E-state index in [1.54, 1.807) is 24.5 Å². The number of nitrogens with one attached hydrogen (secondary N) is 1. The number of anilines is 1. The van der Waals surface area contributed by atoms with Crippen molar-refractivity contribution in [2.75, 3.05) is 5.32 Å². The summed E-state index contributed by atoms with van der Waals surface area (Å²) in [6.07, 6.45) is 4.76. The molecule has 0 unspecified atom stereocenters. The van der Waals surface area contributed by atoms with Crippen LogP contribution in [0.25, 0.3) is 0 Å². The molecule has 0 radical (unpaired) electrons. The van der Waals surface area contributed by atoms with Gasteiger partial charge < -0.3 is 10.4 Å². The lowest BCUT2D eigenvalue weighted by molar-refractivity contribution is -0.115. The van der Waals surface area contributed by atoms with Crippen LogP contribution in [0.15, 0.2) is 42.9 Å². The van der Waals surface area contributed by atoms with Gasteiger partial charge in [-0.1, -0.05) is 6.07 Å². The van der Waals surface area contributed by atoms with Gasteiger partial charge in [-0.05, 0) is 23.8 Å². The summed E-state index contributed by atoms with van der Waals surface area (Å²) in [6.45, 7) is 0. The molecule has 6 heteroatoms. The quantitative estimate of drug-likeness (QED) is 0.862. The lowest BCUT2D eigenvalue weighted by Gasteiger charge is -2.04. The van der Waals surface area contributed by atoms with Crippen LogP contribution in [-0.4, -0.2) is 27.0 Å². The van der Waals surface area contributed by atoms with E-state index in [1.165, 1.54) is 18.3 Å². The Morgan fingerprint density at radius 2 is 2.05 bits per heavy atom. The second-order valence-corrected chi connectivity index (χ2v) is 3.82. The van der Waals surface area contributed by atoms with Crippen molar-refractivity contribution in [3.63, 3.8) is 0 Å². The molecule has 19 heavy (non-hydrogen) atoms. The summed E-state index contributed by atoms with van der Waals surface area (Å²) in [4.78, 5) is 30.0. The summed E-state index contributed by atoms with van der Waals surface area (Å²) in [5.41, 5.74) is 1.19. The first-order valence-electron chi connectivity index (χ1n) is 5.53. The maximum absolute atomic E-state index is 11.7. The standard InChI is InChI=1S/C13H11N3O3/c17-12(6-9-2-1-5-14-7-9)16-10-3-4-11(13(18)19)15-8-10/h1-5,7-8H,6H2,(H,16,17)(H,18,19). The van der Waals surface area contributed by atoms with E-state index in [2.05, 4.69) is 15.3 Å². The smallest absolute Gasteiger partial charge is 0.354 e. The van der Waals surface area contributed by atoms with Crippen LogP contribution in [0, 0.1) is 0 Å². The van der Waals surface area contributed by atoms with Gasteiger partial charge in [-0.15, -0.1) is 0 Å². The van der Waals surface area contributed by atoms with Gasteiger partial charge in [0.1, 0.15) is 5.69 Å². The third-order valence-corrected chi connectivity index (χ3v) is 2.35. The molecule has 2 rings (SSSR count). The Morgan fingerprint density at radius 1 is 1.21 bits per heavy atom. The van der Waals surface area contributed by atoms with Crippen LogP contribution in [-0.2, 0) is 11.2 Å². The number of carbonyl (C=O) groups excluding carboxylic acids is 1. The fourth-order valence-corrected chi connectivity index (χ4v) is 1.49. The maximum Gasteiger partial charge on any atom is 0.354 e. The fourth-order valence-electron chi connectivity index (χ4n) is 1.49. The van der Waals surface area contributed by atoms with Crippen LogP contribution >= 0.6 is 0 Å². The molecule has 2 heterocycles. The lowest BCUT2D eigenvalue weighted by atomic mass is 10.2. The van der Waals surface area contributed by atoms with Crippen molar-refractivity contribution >= 4 is 17.6 Å². The number of nitrogens with zero attached hydrogens (tertiary/aromatic N) is 2. The number of rotatable bonds is 4. The number of amides is 1. The summed E-state index contributed by atoms with van der Waals surface area (Å²) < 4.78 is 0. The van der Waals surface area contributed by atoms with Crippen LogP contribution in [0.5, 0.6) is 0 Å². The highest BCUT2D eigenvalue weighted by molar-refractivity contribution is 5.92. The predicted octanol–water partition coefficient (Wildman–Crippen LogP) is 1.36. The molecule has 0 atom stereocenters. The van der Waals surface area contributed by atoms with E-state index in [4.69, 9.17) is 5.11 Å². The Labute approximate surface area is 109 Å². The highest BCUT2D eigenvalue weighted by atomic mass is 16.4. The van der Waals surface area contributed by atoms with E-state index in [0.717, 1.165) is 5.56 Å². The monoisotopic (exact) mass is 257 g/mol. The van der Waals surface area contributed by atoms with Crippen LogP contribution in [0.4, 0.5) is 5.69 Å². The number of hydrogen-bond acceptors (Lipinski definition) is 4. The first-order valence-corrected chi connectivity index (χ1v) is 5.53. The van der Waals surface area contributed by atoms with Gasteiger partial charge in [0.25, 0.3) is 0 Å². The second-order valence-electron chi connectivity index (χ2n) is 3.82. The molecule has 96 valence electrons. The van der Waals surface area contributed by atoms with Crippen molar-refractivity contribution in [3.8, 4) is 0 Å². The summed E-state index contributed by atoms with van der Waals surface area (Å²) in [5.74, 6) is -1.31. The van der Waals surface area contributed by atoms with E-state index in [0.29, 0.717) is 5.69 Å². The van der Waals surface area contributed by atoms with Crippen molar-refractivity contribution in [3.05, 3.63) is 54.1 Å². The molecule has 0 saturated carbocycles. The Hall–Kier alpha value is -2.76. The van der Waals surface area contributed by atoms with Gasteiger partial charge in [0.2, 0.25) is 5.91 Å². The maximum atomic E-state index is 11.7. The molecule has 0 aromatic carbocycles. The van der Waals surface area contributed by atoms with Gasteiger partial charge in [0.05, 0.1) is 18.3 Å². The number of carboxylic acids is 1. The SMILES string of the molecule is O=C(Cc1cccnc1)Nc1ccc(C(=O)O)nc1. The minimum Gasteiger partial charge on any atom is -0.477 e. The number of aromatic carboxylic acids is 1. The van der Waals surface area contributed by atoms with E-state index in [9.17, 15) is 9.59 Å². The Morgan fingerprint density at radius 3 is 2.63 bits per heavy atom. The molecule has 0 spiro atoms. The topological polar surface area (TPSA) is 92.2 Å². The summed E-state index contributed by atoms with van der Waals surface area (Å²) in [7, 11) is 0. The Kier molecular flexibility index (Phi) is 3.82. The Bertz CT molecular complexity index is 582. The minimum absolute atomic E-state index is 0.0646.